The summed E-state index contributed by atoms with van der Waals surface area (Å²) in [6, 6.07) is 17.7. The van der Waals surface area contributed by atoms with E-state index < -0.39 is 0 Å². The summed E-state index contributed by atoms with van der Waals surface area (Å²) in [5.41, 5.74) is 2.44. The average molecular weight is 390 g/mol. The van der Waals surface area contributed by atoms with Crippen molar-refractivity contribution in [2.45, 2.75) is 13.5 Å². The Labute approximate surface area is 148 Å². The van der Waals surface area contributed by atoms with Crippen molar-refractivity contribution in [2.24, 2.45) is 0 Å². The molecule has 5 heteroatoms. The van der Waals surface area contributed by atoms with E-state index in [-0.39, 0.29) is 10.9 Å². The highest BCUT2D eigenvalue weighted by Gasteiger charge is 2.20. The first-order valence-corrected chi connectivity index (χ1v) is 8.30. The van der Waals surface area contributed by atoms with E-state index in [0.29, 0.717) is 18.1 Å². The predicted octanol–water partition coefficient (Wildman–Crippen LogP) is 5.22. The number of nitrogens with zero attached hydrogens (tertiary/aromatic N) is 2. The predicted molar refractivity (Wildman–Crippen MR) is 95.9 cm³/mol. The molecule has 0 bridgehead atoms. The van der Waals surface area contributed by atoms with Gasteiger partial charge in [0.2, 0.25) is 0 Å². The number of halogens is 2. The SMILES string of the molecule is CC(=O)c1c(Cl)nc(-c2ccccc2)n1Cc1ccc(Br)cc1. The third-order valence-electron chi connectivity index (χ3n) is 3.54. The molecule has 0 unspecified atom stereocenters. The first-order valence-electron chi connectivity index (χ1n) is 7.13. The van der Waals surface area contributed by atoms with Crippen LogP contribution in [-0.2, 0) is 6.54 Å². The minimum absolute atomic E-state index is 0.0956. The number of benzene rings is 2. The Morgan fingerprint density at radius 2 is 1.78 bits per heavy atom. The summed E-state index contributed by atoms with van der Waals surface area (Å²) in [6.45, 7) is 2.04. The van der Waals surface area contributed by atoms with Gasteiger partial charge in [-0.15, -0.1) is 0 Å². The summed E-state index contributed by atoms with van der Waals surface area (Å²) in [5, 5.41) is 0.244. The number of aromatic nitrogens is 2. The Hall–Kier alpha value is -1.91. The van der Waals surface area contributed by atoms with Gasteiger partial charge in [0.15, 0.2) is 10.9 Å². The second-order valence-electron chi connectivity index (χ2n) is 5.21. The van der Waals surface area contributed by atoms with Crippen LogP contribution in [0.25, 0.3) is 11.4 Å². The van der Waals surface area contributed by atoms with Crippen molar-refractivity contribution in [2.75, 3.05) is 0 Å². The lowest BCUT2D eigenvalue weighted by Crippen LogP contribution is -2.09. The standard InChI is InChI=1S/C18H14BrClN2O/c1-12(23)16-17(20)21-18(14-5-3-2-4-6-14)22(16)11-13-7-9-15(19)10-8-13/h2-10H,11H2,1H3. The summed E-state index contributed by atoms with van der Waals surface area (Å²) >= 11 is 9.66. The maximum Gasteiger partial charge on any atom is 0.179 e. The van der Waals surface area contributed by atoms with Gasteiger partial charge in [0.05, 0.1) is 0 Å². The minimum Gasteiger partial charge on any atom is -0.316 e. The van der Waals surface area contributed by atoms with Crippen molar-refractivity contribution < 1.29 is 4.79 Å². The molecule has 23 heavy (non-hydrogen) atoms. The Kier molecular flexibility index (Phi) is 4.64. The van der Waals surface area contributed by atoms with Gasteiger partial charge in [-0.3, -0.25) is 4.79 Å². The van der Waals surface area contributed by atoms with Gasteiger partial charge in [0, 0.05) is 23.5 Å². The largest absolute Gasteiger partial charge is 0.316 e. The molecule has 2 aromatic carbocycles. The topological polar surface area (TPSA) is 34.9 Å². The highest BCUT2D eigenvalue weighted by Crippen LogP contribution is 2.27. The van der Waals surface area contributed by atoms with Crippen LogP contribution in [0, 0.1) is 0 Å². The van der Waals surface area contributed by atoms with Crippen molar-refractivity contribution in [3.05, 3.63) is 75.5 Å². The van der Waals surface area contributed by atoms with Gasteiger partial charge in [-0.2, -0.15) is 0 Å². The molecule has 0 saturated carbocycles. The second-order valence-corrected chi connectivity index (χ2v) is 6.48. The highest BCUT2D eigenvalue weighted by molar-refractivity contribution is 9.10. The molecule has 0 fully saturated rings. The number of hydrogen-bond donors (Lipinski definition) is 0. The number of ketones is 1. The van der Waals surface area contributed by atoms with E-state index in [1.54, 1.807) is 0 Å². The molecular formula is C18H14BrClN2O. The molecule has 116 valence electrons. The quantitative estimate of drug-likeness (QED) is 0.574. The molecule has 3 aromatic rings. The van der Waals surface area contributed by atoms with Crippen molar-refractivity contribution in [3.63, 3.8) is 0 Å². The van der Waals surface area contributed by atoms with Crippen LogP contribution < -0.4 is 0 Å². The molecule has 0 aliphatic rings. The molecule has 0 spiro atoms. The van der Waals surface area contributed by atoms with E-state index in [1.807, 2.05) is 59.2 Å². The zero-order chi connectivity index (χ0) is 16.4. The van der Waals surface area contributed by atoms with Crippen LogP contribution in [0.5, 0.6) is 0 Å². The summed E-state index contributed by atoms with van der Waals surface area (Å²) in [5.74, 6) is 0.602. The lowest BCUT2D eigenvalue weighted by atomic mass is 10.2. The number of hydrogen-bond acceptors (Lipinski definition) is 2. The van der Waals surface area contributed by atoms with Crippen LogP contribution in [0.3, 0.4) is 0 Å². The molecule has 0 saturated heterocycles. The molecule has 3 nitrogen and oxygen atoms in total. The van der Waals surface area contributed by atoms with Gasteiger partial charge in [-0.25, -0.2) is 4.98 Å². The van der Waals surface area contributed by atoms with Crippen LogP contribution >= 0.6 is 27.5 Å². The van der Waals surface area contributed by atoms with Crippen molar-refractivity contribution in [1.29, 1.82) is 0 Å². The van der Waals surface area contributed by atoms with E-state index in [1.165, 1.54) is 6.92 Å². The number of rotatable bonds is 4. The highest BCUT2D eigenvalue weighted by atomic mass is 79.9. The second kappa shape index (κ2) is 6.69. The Morgan fingerprint density at radius 3 is 2.39 bits per heavy atom. The van der Waals surface area contributed by atoms with E-state index in [2.05, 4.69) is 20.9 Å². The Morgan fingerprint density at radius 1 is 1.13 bits per heavy atom. The van der Waals surface area contributed by atoms with E-state index in [4.69, 9.17) is 11.6 Å². The Bertz CT molecular complexity index is 841. The van der Waals surface area contributed by atoms with Gasteiger partial charge >= 0.3 is 0 Å². The maximum atomic E-state index is 12.0. The lowest BCUT2D eigenvalue weighted by Gasteiger charge is -2.11. The smallest absolute Gasteiger partial charge is 0.179 e. The monoisotopic (exact) mass is 388 g/mol. The third kappa shape index (κ3) is 3.38. The fourth-order valence-corrected chi connectivity index (χ4v) is 3.07. The van der Waals surface area contributed by atoms with Crippen LogP contribution in [0.1, 0.15) is 23.0 Å². The van der Waals surface area contributed by atoms with Gasteiger partial charge in [0.25, 0.3) is 0 Å². The molecule has 0 amide bonds. The molecule has 0 aliphatic carbocycles. The number of imidazole rings is 1. The normalized spacial score (nSPS) is 10.7. The molecular weight excluding hydrogens is 376 g/mol. The van der Waals surface area contributed by atoms with Crippen LogP contribution in [-0.4, -0.2) is 15.3 Å². The summed E-state index contributed by atoms with van der Waals surface area (Å²) in [7, 11) is 0. The van der Waals surface area contributed by atoms with Crippen molar-refractivity contribution in [1.82, 2.24) is 9.55 Å². The van der Waals surface area contributed by atoms with Crippen molar-refractivity contribution in [3.8, 4) is 11.4 Å². The number of Topliss-reactive ketones (excluding diaryl/α,β-unsaturated/α-hetero) is 1. The van der Waals surface area contributed by atoms with Crippen LogP contribution in [0.4, 0.5) is 0 Å². The molecule has 0 atom stereocenters. The maximum absolute atomic E-state index is 12.0. The molecule has 0 N–H and O–H groups in total. The van der Waals surface area contributed by atoms with E-state index in [9.17, 15) is 4.79 Å². The van der Waals surface area contributed by atoms with E-state index >= 15 is 0 Å². The van der Waals surface area contributed by atoms with Gasteiger partial charge < -0.3 is 4.57 Å². The fourth-order valence-electron chi connectivity index (χ4n) is 2.49. The first-order chi connectivity index (χ1) is 11.1. The number of carbonyl (C=O) groups excluding carboxylic acids is 1. The van der Waals surface area contributed by atoms with E-state index in [0.717, 1.165) is 15.6 Å². The first kappa shape index (κ1) is 16.0. The number of carbonyl (C=O) groups is 1. The zero-order valence-corrected chi connectivity index (χ0v) is 14.8. The summed E-state index contributed by atoms with van der Waals surface area (Å²) in [4.78, 5) is 16.4. The molecule has 3 rings (SSSR count). The fraction of sp³-hybridized carbons (Fsp3) is 0.111. The van der Waals surface area contributed by atoms with Crippen LogP contribution in [0.2, 0.25) is 5.15 Å². The lowest BCUT2D eigenvalue weighted by molar-refractivity contribution is 0.100. The molecule has 1 heterocycles. The van der Waals surface area contributed by atoms with Crippen molar-refractivity contribution >= 4 is 33.3 Å². The molecule has 0 aliphatic heterocycles. The molecule has 1 aromatic heterocycles. The third-order valence-corrected chi connectivity index (χ3v) is 4.34. The van der Waals surface area contributed by atoms with Crippen LogP contribution in [0.15, 0.2) is 59.1 Å². The van der Waals surface area contributed by atoms with Gasteiger partial charge in [-0.05, 0) is 17.7 Å². The minimum atomic E-state index is -0.0956. The summed E-state index contributed by atoms with van der Waals surface area (Å²) < 4.78 is 2.89. The Balaban J connectivity index is 2.12. The molecule has 0 radical (unpaired) electrons. The summed E-state index contributed by atoms with van der Waals surface area (Å²) in [6.07, 6.45) is 0. The van der Waals surface area contributed by atoms with Gasteiger partial charge in [0.1, 0.15) is 11.5 Å². The average Bonchev–Trinajstić information content (AvgIpc) is 2.87. The zero-order valence-electron chi connectivity index (χ0n) is 12.5. The van der Waals surface area contributed by atoms with Gasteiger partial charge in [-0.1, -0.05) is 70.0 Å².